The maximum Gasteiger partial charge on any atom is 0.229 e. The monoisotopic (exact) mass is 475 g/mol. The van der Waals surface area contributed by atoms with E-state index in [9.17, 15) is 13.2 Å². The van der Waals surface area contributed by atoms with E-state index in [1.54, 1.807) is 25.1 Å². The highest BCUT2D eigenvalue weighted by Gasteiger charge is 2.18. The number of hydrogen-bond donors (Lipinski definition) is 1. The highest BCUT2D eigenvalue weighted by atomic mass is 79.9. The van der Waals surface area contributed by atoms with Crippen LogP contribution in [0.2, 0.25) is 0 Å². The Labute approximate surface area is 157 Å². The first-order valence-electron chi connectivity index (χ1n) is 6.89. The van der Waals surface area contributed by atoms with Crippen molar-refractivity contribution in [2.75, 3.05) is 11.0 Å². The average Bonchev–Trinajstić information content (AvgIpc) is 2.48. The third-order valence-corrected chi connectivity index (χ3v) is 4.76. The average molecular weight is 477 g/mol. The molecule has 1 atom stereocenters. The molecule has 0 aliphatic rings. The Morgan fingerprint density at radius 2 is 1.75 bits per heavy atom. The van der Waals surface area contributed by atoms with Crippen molar-refractivity contribution in [3.05, 3.63) is 57.0 Å². The van der Waals surface area contributed by atoms with Crippen LogP contribution in [-0.2, 0) is 10.0 Å². The molecule has 0 saturated carbocycles. The number of anilines is 1. The van der Waals surface area contributed by atoms with Gasteiger partial charge in [-0.2, -0.15) is 0 Å². The number of Topliss-reactive ketones (excluding diaryl/α,β-unsaturated/α-hetero) is 1. The van der Waals surface area contributed by atoms with Gasteiger partial charge in [-0.15, -0.1) is 0 Å². The molecule has 0 amide bonds. The number of nitrogens with one attached hydrogen (secondary N) is 1. The molecule has 2 rings (SSSR count). The number of hydrogen-bond acceptors (Lipinski definition) is 4. The van der Waals surface area contributed by atoms with Gasteiger partial charge in [0.15, 0.2) is 6.10 Å². The normalized spacial score (nSPS) is 12.5. The second-order valence-corrected chi connectivity index (χ2v) is 8.67. The molecular formula is C16H15Br2NO4S. The van der Waals surface area contributed by atoms with Gasteiger partial charge in [-0.1, -0.05) is 15.9 Å². The van der Waals surface area contributed by atoms with Crippen molar-refractivity contribution in [2.45, 2.75) is 13.0 Å². The molecule has 2 aromatic rings. The third kappa shape index (κ3) is 5.32. The summed E-state index contributed by atoms with van der Waals surface area (Å²) in [7, 11) is -3.34. The highest BCUT2D eigenvalue weighted by molar-refractivity contribution is 9.11. The van der Waals surface area contributed by atoms with Gasteiger partial charge >= 0.3 is 0 Å². The zero-order valence-electron chi connectivity index (χ0n) is 12.9. The van der Waals surface area contributed by atoms with Gasteiger partial charge in [0, 0.05) is 15.7 Å². The van der Waals surface area contributed by atoms with E-state index in [0.29, 0.717) is 17.0 Å². The van der Waals surface area contributed by atoms with E-state index in [2.05, 4.69) is 36.6 Å². The number of carbonyl (C=O) groups is 1. The van der Waals surface area contributed by atoms with Gasteiger partial charge < -0.3 is 4.74 Å². The topological polar surface area (TPSA) is 72.5 Å². The lowest BCUT2D eigenvalue weighted by atomic mass is 10.1. The number of rotatable bonds is 6. The second kappa shape index (κ2) is 7.67. The zero-order valence-corrected chi connectivity index (χ0v) is 16.9. The van der Waals surface area contributed by atoms with E-state index < -0.39 is 16.1 Å². The van der Waals surface area contributed by atoms with E-state index in [4.69, 9.17) is 4.74 Å². The summed E-state index contributed by atoms with van der Waals surface area (Å²) in [6, 6.07) is 11.6. The number of ether oxygens (including phenoxy) is 1. The summed E-state index contributed by atoms with van der Waals surface area (Å²) in [4.78, 5) is 12.4. The first-order chi connectivity index (χ1) is 11.2. The summed E-state index contributed by atoms with van der Waals surface area (Å²) in [5.74, 6) is 0.366. The Morgan fingerprint density at radius 3 is 2.29 bits per heavy atom. The number of halogens is 2. The Morgan fingerprint density at radius 1 is 1.12 bits per heavy atom. The van der Waals surface area contributed by atoms with Gasteiger partial charge in [-0.3, -0.25) is 9.52 Å². The van der Waals surface area contributed by atoms with E-state index in [1.165, 1.54) is 12.1 Å². The van der Waals surface area contributed by atoms with Gasteiger partial charge in [-0.05, 0) is 65.3 Å². The van der Waals surface area contributed by atoms with Crippen LogP contribution < -0.4 is 9.46 Å². The fourth-order valence-electron chi connectivity index (χ4n) is 1.97. The van der Waals surface area contributed by atoms with Gasteiger partial charge in [0.25, 0.3) is 0 Å². The van der Waals surface area contributed by atoms with Crippen molar-refractivity contribution in [3.63, 3.8) is 0 Å². The maximum atomic E-state index is 12.4. The zero-order chi connectivity index (χ0) is 17.9. The summed E-state index contributed by atoms with van der Waals surface area (Å²) < 4.78 is 32.0. The molecule has 0 saturated heterocycles. The predicted molar refractivity (Wildman–Crippen MR) is 101 cm³/mol. The van der Waals surface area contributed by atoms with E-state index in [0.717, 1.165) is 15.2 Å². The van der Waals surface area contributed by atoms with Crippen molar-refractivity contribution < 1.29 is 17.9 Å². The van der Waals surface area contributed by atoms with E-state index in [1.807, 2.05) is 12.1 Å². The Bertz CT molecular complexity index is 851. The first-order valence-corrected chi connectivity index (χ1v) is 10.4. The molecule has 1 N–H and O–H groups in total. The largest absolute Gasteiger partial charge is 0.481 e. The summed E-state index contributed by atoms with van der Waals surface area (Å²) in [5, 5.41) is 0. The van der Waals surface area contributed by atoms with Gasteiger partial charge in [0.1, 0.15) is 5.75 Å². The van der Waals surface area contributed by atoms with Crippen LogP contribution >= 0.6 is 31.9 Å². The summed E-state index contributed by atoms with van der Waals surface area (Å²) in [5.41, 5.74) is 0.841. The van der Waals surface area contributed by atoms with Crippen LogP contribution in [0.15, 0.2) is 51.4 Å². The molecule has 0 aromatic heterocycles. The minimum Gasteiger partial charge on any atom is -0.481 e. The second-order valence-electron chi connectivity index (χ2n) is 5.15. The number of ketones is 1. The smallest absolute Gasteiger partial charge is 0.229 e. The third-order valence-electron chi connectivity index (χ3n) is 3.04. The van der Waals surface area contributed by atoms with Crippen LogP contribution in [0.25, 0.3) is 0 Å². The molecule has 8 heteroatoms. The minimum absolute atomic E-state index is 0.198. The van der Waals surface area contributed by atoms with Gasteiger partial charge in [0.2, 0.25) is 15.8 Å². The van der Waals surface area contributed by atoms with Crippen molar-refractivity contribution in [2.24, 2.45) is 0 Å². The predicted octanol–water partition coefficient (Wildman–Crippen LogP) is 4.23. The fraction of sp³-hybridized carbons (Fsp3) is 0.188. The Hall–Kier alpha value is -1.38. The van der Waals surface area contributed by atoms with Gasteiger partial charge in [0.05, 0.1) is 10.7 Å². The molecule has 0 heterocycles. The summed E-state index contributed by atoms with van der Waals surface area (Å²) >= 11 is 6.74. The van der Waals surface area contributed by atoms with Crippen molar-refractivity contribution >= 4 is 53.4 Å². The van der Waals surface area contributed by atoms with E-state index in [-0.39, 0.29) is 5.78 Å². The number of sulfonamides is 1. The molecule has 128 valence electrons. The lowest BCUT2D eigenvalue weighted by Crippen LogP contribution is -2.24. The van der Waals surface area contributed by atoms with Crippen molar-refractivity contribution in [1.82, 2.24) is 0 Å². The van der Waals surface area contributed by atoms with Crippen molar-refractivity contribution in [3.8, 4) is 5.75 Å². The number of benzene rings is 2. The standard InChI is InChI=1S/C16H15Br2NO4S/c1-10(23-15-8-5-12(17)9-14(15)18)16(20)11-3-6-13(7-4-11)19-24(2,21)22/h3-10,19H,1-2H3/t10-/m1/s1. The lowest BCUT2D eigenvalue weighted by Gasteiger charge is -2.15. The summed E-state index contributed by atoms with van der Waals surface area (Å²) in [6.45, 7) is 1.67. The molecule has 0 radical (unpaired) electrons. The Balaban J connectivity index is 2.10. The molecule has 0 fully saturated rings. The van der Waals surface area contributed by atoms with Crippen LogP contribution in [0, 0.1) is 0 Å². The van der Waals surface area contributed by atoms with Crippen molar-refractivity contribution in [1.29, 1.82) is 0 Å². The molecular weight excluding hydrogens is 462 g/mol. The molecule has 0 bridgehead atoms. The molecule has 0 unspecified atom stereocenters. The van der Waals surface area contributed by atoms with E-state index >= 15 is 0 Å². The molecule has 5 nitrogen and oxygen atoms in total. The summed E-state index contributed by atoms with van der Waals surface area (Å²) in [6.07, 6.45) is 0.383. The SMILES string of the molecule is C[C@@H](Oc1ccc(Br)cc1Br)C(=O)c1ccc(NS(C)(=O)=O)cc1. The highest BCUT2D eigenvalue weighted by Crippen LogP contribution is 2.29. The minimum atomic E-state index is -3.34. The van der Waals surface area contributed by atoms with Gasteiger partial charge in [-0.25, -0.2) is 8.42 Å². The molecule has 0 spiro atoms. The molecule has 0 aliphatic carbocycles. The van der Waals surface area contributed by atoms with Crippen LogP contribution in [0.1, 0.15) is 17.3 Å². The quantitative estimate of drug-likeness (QED) is 0.633. The van der Waals surface area contributed by atoms with Crippen LogP contribution in [0.3, 0.4) is 0 Å². The fourth-order valence-corrected chi connectivity index (χ4v) is 3.67. The van der Waals surface area contributed by atoms with Crippen LogP contribution in [0.5, 0.6) is 5.75 Å². The number of carbonyl (C=O) groups excluding carboxylic acids is 1. The maximum absolute atomic E-state index is 12.4. The molecule has 24 heavy (non-hydrogen) atoms. The molecule has 2 aromatic carbocycles. The molecule has 0 aliphatic heterocycles. The van der Waals surface area contributed by atoms with Crippen LogP contribution in [-0.4, -0.2) is 26.6 Å². The Kier molecular flexibility index (Phi) is 6.06. The van der Waals surface area contributed by atoms with Crippen LogP contribution in [0.4, 0.5) is 5.69 Å². The first kappa shape index (κ1) is 19.0. The lowest BCUT2D eigenvalue weighted by molar-refractivity contribution is 0.0817.